The van der Waals surface area contributed by atoms with Crippen molar-refractivity contribution in [3.05, 3.63) is 35.4 Å². The zero-order valence-electron chi connectivity index (χ0n) is 17.5. The molecular weight excluding hydrogens is 364 g/mol. The van der Waals surface area contributed by atoms with E-state index >= 15 is 0 Å². The fourth-order valence-electron chi connectivity index (χ4n) is 6.98. The number of fused-ring (bicyclic) bond motifs is 3. The van der Waals surface area contributed by atoms with Crippen LogP contribution in [-0.4, -0.2) is 54.4 Å². The van der Waals surface area contributed by atoms with Crippen molar-refractivity contribution in [2.75, 3.05) is 26.8 Å². The second-order valence-electron chi connectivity index (χ2n) is 9.93. The maximum Gasteiger partial charge on any atom is 0.237 e. The van der Waals surface area contributed by atoms with Gasteiger partial charge in [-0.3, -0.25) is 4.79 Å². The quantitative estimate of drug-likeness (QED) is 0.801. The molecule has 2 N–H and O–H groups in total. The Bertz CT molecular complexity index is 768. The molecule has 1 aromatic carbocycles. The predicted octanol–water partition coefficient (Wildman–Crippen LogP) is 2.68. The first-order chi connectivity index (χ1) is 14.1. The molecule has 4 aliphatic rings. The van der Waals surface area contributed by atoms with Crippen LogP contribution in [0, 0.1) is 17.8 Å². The Labute approximate surface area is 173 Å². The van der Waals surface area contributed by atoms with Gasteiger partial charge in [-0.2, -0.15) is 0 Å². The Balaban J connectivity index is 1.26. The highest BCUT2D eigenvalue weighted by molar-refractivity contribution is 5.79. The summed E-state index contributed by atoms with van der Waals surface area (Å²) in [6.07, 6.45) is 7.40. The van der Waals surface area contributed by atoms with Crippen molar-refractivity contribution in [2.24, 2.45) is 17.8 Å². The molecule has 5 rings (SSSR count). The van der Waals surface area contributed by atoms with Gasteiger partial charge in [0.2, 0.25) is 5.91 Å². The fourth-order valence-corrected chi connectivity index (χ4v) is 6.98. The summed E-state index contributed by atoms with van der Waals surface area (Å²) in [7, 11) is 1.71. The average Bonchev–Trinajstić information content (AvgIpc) is 2.89. The van der Waals surface area contributed by atoms with E-state index in [1.54, 1.807) is 7.11 Å². The van der Waals surface area contributed by atoms with E-state index in [4.69, 9.17) is 4.74 Å². The van der Waals surface area contributed by atoms with Crippen molar-refractivity contribution >= 4 is 5.91 Å². The van der Waals surface area contributed by atoms with Crippen molar-refractivity contribution in [2.45, 2.75) is 62.6 Å². The first-order valence-corrected chi connectivity index (χ1v) is 11.4. The largest absolute Gasteiger partial charge is 0.390 e. The SMILES string of the molecule is COCC1c2ccccc2CCN1C(=O)CNC1CCC2CC3CC(O)(C2)CC31. The number of hydrogen-bond acceptors (Lipinski definition) is 4. The smallest absolute Gasteiger partial charge is 0.237 e. The van der Waals surface area contributed by atoms with Gasteiger partial charge in [-0.25, -0.2) is 0 Å². The van der Waals surface area contributed by atoms with Crippen LogP contribution >= 0.6 is 0 Å². The lowest BCUT2D eigenvalue weighted by Gasteiger charge is -2.38. The molecule has 1 aromatic rings. The number of nitrogens with one attached hydrogen (secondary N) is 1. The van der Waals surface area contributed by atoms with Crippen LogP contribution in [0.25, 0.3) is 0 Å². The highest BCUT2D eigenvalue weighted by Gasteiger charge is 2.53. The minimum absolute atomic E-state index is 0.000896. The Morgan fingerprint density at radius 2 is 2.14 bits per heavy atom. The van der Waals surface area contributed by atoms with Crippen molar-refractivity contribution in [3.8, 4) is 0 Å². The molecule has 0 aromatic heterocycles. The first-order valence-electron chi connectivity index (χ1n) is 11.4. The minimum atomic E-state index is -0.428. The van der Waals surface area contributed by atoms with E-state index in [1.807, 2.05) is 4.90 Å². The van der Waals surface area contributed by atoms with Gasteiger partial charge in [-0.05, 0) is 73.8 Å². The summed E-state index contributed by atoms with van der Waals surface area (Å²) in [5, 5.41) is 14.5. The summed E-state index contributed by atoms with van der Waals surface area (Å²) >= 11 is 0. The molecule has 6 atom stereocenters. The van der Waals surface area contributed by atoms with E-state index in [0.717, 1.165) is 38.6 Å². The summed E-state index contributed by atoms with van der Waals surface area (Å²) < 4.78 is 5.47. The number of methoxy groups -OCH3 is 1. The van der Waals surface area contributed by atoms with Crippen molar-refractivity contribution in [3.63, 3.8) is 0 Å². The number of nitrogens with zero attached hydrogens (tertiary/aromatic N) is 1. The fraction of sp³-hybridized carbons (Fsp3) is 0.708. The maximum absolute atomic E-state index is 13.2. The van der Waals surface area contributed by atoms with Gasteiger partial charge in [0.05, 0.1) is 24.8 Å². The lowest BCUT2D eigenvalue weighted by molar-refractivity contribution is -0.134. The number of amides is 1. The first kappa shape index (κ1) is 19.5. The Kier molecular flexibility index (Phi) is 5.17. The van der Waals surface area contributed by atoms with Crippen LogP contribution in [0.4, 0.5) is 0 Å². The van der Waals surface area contributed by atoms with Crippen LogP contribution in [0.15, 0.2) is 24.3 Å². The van der Waals surface area contributed by atoms with Gasteiger partial charge in [0.25, 0.3) is 0 Å². The third kappa shape index (κ3) is 3.62. The van der Waals surface area contributed by atoms with Gasteiger partial charge in [0.15, 0.2) is 0 Å². The summed E-state index contributed by atoms with van der Waals surface area (Å²) in [6.45, 7) is 1.68. The number of benzene rings is 1. The van der Waals surface area contributed by atoms with Crippen LogP contribution < -0.4 is 5.32 Å². The van der Waals surface area contributed by atoms with E-state index < -0.39 is 5.60 Å². The van der Waals surface area contributed by atoms with E-state index in [0.29, 0.717) is 36.9 Å². The maximum atomic E-state index is 13.2. The van der Waals surface area contributed by atoms with Crippen LogP contribution in [-0.2, 0) is 16.0 Å². The number of carbonyl (C=O) groups excluding carboxylic acids is 1. The van der Waals surface area contributed by atoms with Gasteiger partial charge in [0.1, 0.15) is 0 Å². The summed E-state index contributed by atoms with van der Waals surface area (Å²) in [6, 6.07) is 8.79. The summed E-state index contributed by atoms with van der Waals surface area (Å²) in [4.78, 5) is 15.2. The van der Waals surface area contributed by atoms with Crippen molar-refractivity contribution < 1.29 is 14.6 Å². The molecule has 6 unspecified atom stereocenters. The summed E-state index contributed by atoms with van der Waals surface area (Å²) in [5.74, 6) is 2.01. The van der Waals surface area contributed by atoms with Crippen LogP contribution in [0.2, 0.25) is 0 Å². The second kappa shape index (κ2) is 7.68. The molecule has 5 heteroatoms. The highest BCUT2D eigenvalue weighted by Crippen LogP contribution is 2.55. The number of aliphatic hydroxyl groups is 1. The van der Waals surface area contributed by atoms with Gasteiger partial charge in [-0.1, -0.05) is 24.3 Å². The van der Waals surface area contributed by atoms with Crippen LogP contribution in [0.3, 0.4) is 0 Å². The monoisotopic (exact) mass is 398 g/mol. The molecule has 3 fully saturated rings. The molecule has 1 heterocycles. The Morgan fingerprint density at radius 1 is 1.28 bits per heavy atom. The molecule has 1 amide bonds. The second-order valence-corrected chi connectivity index (χ2v) is 9.93. The molecular formula is C24H34N2O3. The highest BCUT2D eigenvalue weighted by atomic mass is 16.5. The predicted molar refractivity (Wildman–Crippen MR) is 111 cm³/mol. The van der Waals surface area contributed by atoms with Crippen molar-refractivity contribution in [1.29, 1.82) is 0 Å². The summed E-state index contributed by atoms with van der Waals surface area (Å²) in [5.41, 5.74) is 2.13. The topological polar surface area (TPSA) is 61.8 Å². The zero-order valence-corrected chi connectivity index (χ0v) is 17.5. The average molecular weight is 399 g/mol. The van der Waals surface area contributed by atoms with E-state index in [-0.39, 0.29) is 11.9 Å². The number of hydrogen-bond donors (Lipinski definition) is 2. The van der Waals surface area contributed by atoms with E-state index in [9.17, 15) is 9.90 Å². The van der Waals surface area contributed by atoms with Crippen molar-refractivity contribution in [1.82, 2.24) is 10.2 Å². The number of carbonyl (C=O) groups is 1. The Morgan fingerprint density at radius 3 is 3.00 bits per heavy atom. The molecule has 3 aliphatic carbocycles. The molecule has 1 aliphatic heterocycles. The third-order valence-electron chi connectivity index (χ3n) is 8.14. The number of rotatable bonds is 5. The molecule has 0 spiro atoms. The molecule has 3 saturated carbocycles. The van der Waals surface area contributed by atoms with Gasteiger partial charge in [-0.15, -0.1) is 0 Å². The lowest BCUT2D eigenvalue weighted by atomic mass is 9.77. The Hall–Kier alpha value is -1.43. The number of ether oxygens (including phenoxy) is 1. The zero-order chi connectivity index (χ0) is 20.0. The molecule has 0 radical (unpaired) electrons. The minimum Gasteiger partial charge on any atom is -0.390 e. The van der Waals surface area contributed by atoms with Crippen LogP contribution in [0.5, 0.6) is 0 Å². The van der Waals surface area contributed by atoms with Gasteiger partial charge < -0.3 is 20.1 Å². The van der Waals surface area contributed by atoms with Gasteiger partial charge in [0, 0.05) is 19.7 Å². The molecule has 0 saturated heterocycles. The third-order valence-corrected chi connectivity index (χ3v) is 8.14. The van der Waals surface area contributed by atoms with Gasteiger partial charge >= 0.3 is 0 Å². The lowest BCUT2D eigenvalue weighted by Crippen LogP contribution is -2.48. The molecule has 158 valence electrons. The van der Waals surface area contributed by atoms with Crippen LogP contribution in [0.1, 0.15) is 55.7 Å². The molecule has 29 heavy (non-hydrogen) atoms. The van der Waals surface area contributed by atoms with E-state index in [2.05, 4.69) is 29.6 Å². The normalized spacial score (nSPS) is 38.0. The molecule has 5 nitrogen and oxygen atoms in total. The van der Waals surface area contributed by atoms with E-state index in [1.165, 1.54) is 24.0 Å². The standard InChI is InChI=1S/C24H34N2O3/c1-29-15-22-19-5-3-2-4-17(19)8-9-26(22)23(27)14-25-21-7-6-16-10-18-12-24(28,11-16)13-20(18)21/h2-5,16,18,20-22,25,28H,6-15H2,1H3. The molecule has 3 bridgehead atoms.